The summed E-state index contributed by atoms with van der Waals surface area (Å²) in [5.41, 5.74) is 0.275. The molecule has 0 aromatic heterocycles. The SMILES string of the molecule is N=C(C=S)C1CC=C(OCC(F)(F)F)C(Cl)C1. The van der Waals surface area contributed by atoms with E-state index >= 15 is 0 Å². The highest BCUT2D eigenvalue weighted by Gasteiger charge is 2.32. The monoisotopic (exact) mass is 285 g/mol. The van der Waals surface area contributed by atoms with E-state index in [0.29, 0.717) is 12.8 Å². The number of alkyl halides is 4. The summed E-state index contributed by atoms with van der Waals surface area (Å²) in [6.45, 7) is -1.34. The van der Waals surface area contributed by atoms with Crippen LogP contribution in [0.1, 0.15) is 12.8 Å². The Labute approximate surface area is 107 Å². The van der Waals surface area contributed by atoms with Crippen LogP contribution in [-0.2, 0) is 4.74 Å². The Morgan fingerprint density at radius 1 is 1.65 bits per heavy atom. The molecule has 0 aromatic rings. The lowest BCUT2D eigenvalue weighted by Gasteiger charge is -2.25. The Hall–Kier alpha value is -0.620. The van der Waals surface area contributed by atoms with Crippen molar-refractivity contribution in [3.05, 3.63) is 11.8 Å². The second-order valence-corrected chi connectivity index (χ2v) is 4.48. The third-order valence-corrected chi connectivity index (χ3v) is 3.02. The van der Waals surface area contributed by atoms with Crippen molar-refractivity contribution in [1.29, 1.82) is 5.41 Å². The molecule has 7 heteroatoms. The summed E-state index contributed by atoms with van der Waals surface area (Å²) in [6, 6.07) is 0. The first-order valence-electron chi connectivity index (χ1n) is 4.90. The van der Waals surface area contributed by atoms with Crippen molar-refractivity contribution in [1.82, 2.24) is 0 Å². The molecule has 2 nitrogen and oxygen atoms in total. The van der Waals surface area contributed by atoms with Gasteiger partial charge < -0.3 is 10.1 Å². The molecule has 0 heterocycles. The molecule has 0 amide bonds. The van der Waals surface area contributed by atoms with E-state index in [1.807, 2.05) is 0 Å². The second kappa shape index (κ2) is 5.82. The average molecular weight is 286 g/mol. The quantitative estimate of drug-likeness (QED) is 0.487. The van der Waals surface area contributed by atoms with E-state index in [4.69, 9.17) is 17.0 Å². The van der Waals surface area contributed by atoms with E-state index in [-0.39, 0.29) is 17.4 Å². The van der Waals surface area contributed by atoms with Gasteiger partial charge in [-0.3, -0.25) is 0 Å². The number of hydrogen-bond acceptors (Lipinski definition) is 3. The van der Waals surface area contributed by atoms with Crippen LogP contribution in [0.25, 0.3) is 0 Å². The normalized spacial score (nSPS) is 25.1. The number of thiocarbonyl (C=S) groups is 1. The zero-order chi connectivity index (χ0) is 13.1. The summed E-state index contributed by atoms with van der Waals surface area (Å²) >= 11 is 10.5. The van der Waals surface area contributed by atoms with Gasteiger partial charge in [-0.1, -0.05) is 12.2 Å². The number of allylic oxidation sites excluding steroid dienone is 2. The number of halogens is 4. The third-order valence-electron chi connectivity index (χ3n) is 2.37. The van der Waals surface area contributed by atoms with E-state index in [0.717, 1.165) is 0 Å². The average Bonchev–Trinajstić information content (AvgIpc) is 2.25. The molecule has 2 atom stereocenters. The molecule has 0 aliphatic heterocycles. The molecular formula is C10H11ClF3NOS. The Kier molecular flexibility index (Phi) is 4.94. The van der Waals surface area contributed by atoms with E-state index in [1.165, 1.54) is 11.4 Å². The highest BCUT2D eigenvalue weighted by Crippen LogP contribution is 2.30. The molecule has 0 saturated heterocycles. The van der Waals surface area contributed by atoms with Crippen molar-refractivity contribution in [3.8, 4) is 0 Å². The second-order valence-electron chi connectivity index (χ2n) is 3.72. The van der Waals surface area contributed by atoms with Gasteiger partial charge in [0.25, 0.3) is 0 Å². The fourth-order valence-corrected chi connectivity index (χ4v) is 2.07. The molecule has 17 heavy (non-hydrogen) atoms. The van der Waals surface area contributed by atoms with Crippen LogP contribution in [0.4, 0.5) is 13.2 Å². The molecule has 2 unspecified atom stereocenters. The van der Waals surface area contributed by atoms with Crippen molar-refractivity contribution >= 4 is 34.9 Å². The summed E-state index contributed by atoms with van der Waals surface area (Å²) in [4.78, 5) is 0. The lowest BCUT2D eigenvalue weighted by atomic mass is 9.89. The molecule has 0 saturated carbocycles. The standard InChI is InChI=1S/C10H11ClF3NOS/c11-7-3-6(8(15)4-17)1-2-9(7)16-5-10(12,13)14/h2,4,6-7,15H,1,3,5H2. The van der Waals surface area contributed by atoms with Crippen molar-refractivity contribution in [2.45, 2.75) is 24.4 Å². The Bertz CT molecular complexity index is 343. The van der Waals surface area contributed by atoms with E-state index < -0.39 is 18.2 Å². The lowest BCUT2D eigenvalue weighted by molar-refractivity contribution is -0.165. The van der Waals surface area contributed by atoms with Crippen LogP contribution in [0.2, 0.25) is 0 Å². The van der Waals surface area contributed by atoms with Crippen LogP contribution in [0.5, 0.6) is 0 Å². The fourth-order valence-electron chi connectivity index (χ4n) is 1.51. The molecule has 1 aliphatic rings. The fraction of sp³-hybridized carbons (Fsp3) is 0.600. The molecule has 96 valence electrons. The van der Waals surface area contributed by atoms with Crippen molar-refractivity contribution in [2.24, 2.45) is 5.92 Å². The summed E-state index contributed by atoms with van der Waals surface area (Å²) in [7, 11) is 0. The molecule has 0 spiro atoms. The predicted octanol–water partition coefficient (Wildman–Crippen LogP) is 3.49. The zero-order valence-electron chi connectivity index (χ0n) is 8.76. The van der Waals surface area contributed by atoms with Crippen LogP contribution in [0.3, 0.4) is 0 Å². The summed E-state index contributed by atoms with van der Waals surface area (Å²) in [6.07, 6.45) is -2.06. The van der Waals surface area contributed by atoms with Gasteiger partial charge in [-0.2, -0.15) is 13.2 Å². The lowest BCUT2D eigenvalue weighted by Crippen LogP contribution is -2.26. The van der Waals surface area contributed by atoms with Gasteiger partial charge in [0.05, 0.1) is 5.38 Å². The minimum Gasteiger partial charge on any atom is -0.487 e. The highest BCUT2D eigenvalue weighted by atomic mass is 35.5. The van der Waals surface area contributed by atoms with E-state index in [9.17, 15) is 13.2 Å². The van der Waals surface area contributed by atoms with E-state index in [2.05, 4.69) is 17.0 Å². The highest BCUT2D eigenvalue weighted by molar-refractivity contribution is 7.80. The molecule has 0 fully saturated rings. The topological polar surface area (TPSA) is 33.1 Å². The van der Waals surface area contributed by atoms with Gasteiger partial charge in [-0.15, -0.1) is 11.6 Å². The van der Waals surface area contributed by atoms with Crippen LogP contribution >= 0.6 is 23.8 Å². The molecule has 1 rings (SSSR count). The molecular weight excluding hydrogens is 275 g/mol. The van der Waals surface area contributed by atoms with Crippen molar-refractivity contribution < 1.29 is 17.9 Å². The van der Waals surface area contributed by atoms with Crippen LogP contribution in [0.15, 0.2) is 11.8 Å². The largest absolute Gasteiger partial charge is 0.487 e. The van der Waals surface area contributed by atoms with Crippen LogP contribution < -0.4 is 0 Å². The molecule has 0 radical (unpaired) electrons. The van der Waals surface area contributed by atoms with Gasteiger partial charge in [-0.25, -0.2) is 0 Å². The van der Waals surface area contributed by atoms with Gasteiger partial charge in [0.1, 0.15) is 5.76 Å². The number of nitrogens with one attached hydrogen (secondary N) is 1. The zero-order valence-corrected chi connectivity index (χ0v) is 10.3. The smallest absolute Gasteiger partial charge is 0.422 e. The minimum absolute atomic E-state index is 0.131. The van der Waals surface area contributed by atoms with E-state index in [1.54, 1.807) is 0 Å². The first-order chi connectivity index (χ1) is 7.83. The maximum atomic E-state index is 11.9. The predicted molar refractivity (Wildman–Crippen MR) is 63.8 cm³/mol. The van der Waals surface area contributed by atoms with Crippen LogP contribution in [0, 0.1) is 11.3 Å². The maximum absolute atomic E-state index is 11.9. The summed E-state index contributed by atoms with van der Waals surface area (Å²) < 4.78 is 40.5. The third kappa shape index (κ3) is 4.63. The molecule has 0 bridgehead atoms. The summed E-state index contributed by atoms with van der Waals surface area (Å²) in [5.74, 6) is 0.00523. The van der Waals surface area contributed by atoms with Crippen molar-refractivity contribution in [2.75, 3.05) is 6.61 Å². The number of hydrogen-bond donors (Lipinski definition) is 1. The molecule has 1 N–H and O–H groups in total. The van der Waals surface area contributed by atoms with Crippen LogP contribution in [-0.4, -0.2) is 29.2 Å². The first kappa shape index (κ1) is 14.4. The van der Waals surface area contributed by atoms with Gasteiger partial charge >= 0.3 is 6.18 Å². The van der Waals surface area contributed by atoms with Crippen molar-refractivity contribution in [3.63, 3.8) is 0 Å². The van der Waals surface area contributed by atoms with Gasteiger partial charge in [-0.05, 0) is 18.9 Å². The first-order valence-corrected chi connectivity index (χ1v) is 5.81. The number of rotatable bonds is 4. The molecule has 1 aliphatic carbocycles. The van der Waals surface area contributed by atoms with Gasteiger partial charge in [0.15, 0.2) is 6.61 Å². The Morgan fingerprint density at radius 2 is 2.29 bits per heavy atom. The van der Waals surface area contributed by atoms with Gasteiger partial charge in [0, 0.05) is 17.0 Å². The summed E-state index contributed by atoms with van der Waals surface area (Å²) in [5, 5.41) is 8.14. The Balaban J connectivity index is 2.56. The Morgan fingerprint density at radius 3 is 2.76 bits per heavy atom. The molecule has 0 aromatic carbocycles. The minimum atomic E-state index is -4.37. The number of ether oxygens (including phenoxy) is 1. The maximum Gasteiger partial charge on any atom is 0.422 e. The van der Waals surface area contributed by atoms with Gasteiger partial charge in [0.2, 0.25) is 0 Å².